The molecule has 0 spiro atoms. The van der Waals surface area contributed by atoms with Gasteiger partial charge >= 0.3 is 12.6 Å². The normalized spacial score (nSPS) is 12.6. The molecule has 0 atom stereocenters. The van der Waals surface area contributed by atoms with Gasteiger partial charge < -0.3 is 25.8 Å². The van der Waals surface area contributed by atoms with Crippen molar-refractivity contribution >= 4 is 40.0 Å². The highest BCUT2D eigenvalue weighted by molar-refractivity contribution is 7.17. The minimum absolute atomic E-state index is 0.000614. The van der Waals surface area contributed by atoms with Crippen molar-refractivity contribution in [2.24, 2.45) is 5.73 Å². The molecule has 3 amide bonds. The van der Waals surface area contributed by atoms with Crippen LogP contribution in [0, 0.1) is 0 Å². The number of nitrogens with two attached hydrogens (primary N) is 1. The second-order valence-corrected chi connectivity index (χ2v) is 8.18. The Morgan fingerprint density at radius 3 is 2.64 bits per heavy atom. The number of halogens is 2. The van der Waals surface area contributed by atoms with Gasteiger partial charge in [0.2, 0.25) is 0 Å². The van der Waals surface area contributed by atoms with Gasteiger partial charge in [-0.05, 0) is 49.4 Å². The number of alkyl halides is 2. The second-order valence-electron chi connectivity index (χ2n) is 7.08. The lowest BCUT2D eigenvalue weighted by molar-refractivity contribution is -0.146. The Morgan fingerprint density at radius 1 is 1.15 bits per heavy atom. The van der Waals surface area contributed by atoms with Gasteiger partial charge in [0.25, 0.3) is 17.7 Å². The number of hydrogen-bond donors (Lipinski definition) is 3. The Kier molecular flexibility index (Phi) is 7.93. The number of benzene rings is 1. The summed E-state index contributed by atoms with van der Waals surface area (Å²) in [6.07, 6.45) is 3.45. The average Bonchev–Trinajstić information content (AvgIpc) is 3.13. The van der Waals surface area contributed by atoms with E-state index in [1.165, 1.54) is 29.5 Å². The fourth-order valence-electron chi connectivity index (χ4n) is 3.34. The summed E-state index contributed by atoms with van der Waals surface area (Å²) in [6.45, 7) is -4.22. The van der Waals surface area contributed by atoms with E-state index in [1.807, 2.05) is 0 Å². The molecule has 1 aliphatic carbocycles. The van der Waals surface area contributed by atoms with Crippen LogP contribution in [0.25, 0.3) is 0 Å². The molecule has 33 heavy (non-hydrogen) atoms. The molecule has 9 nitrogen and oxygen atoms in total. The fraction of sp³-hybridized carbons (Fsp3) is 0.333. The van der Waals surface area contributed by atoms with Gasteiger partial charge in [-0.2, -0.15) is 8.78 Å². The summed E-state index contributed by atoms with van der Waals surface area (Å²) < 4.78 is 33.6. The van der Waals surface area contributed by atoms with Crippen molar-refractivity contribution in [3.63, 3.8) is 0 Å². The molecule has 0 saturated heterocycles. The van der Waals surface area contributed by atoms with Crippen molar-refractivity contribution in [3.8, 4) is 5.75 Å². The van der Waals surface area contributed by atoms with Gasteiger partial charge in [0, 0.05) is 10.4 Å². The zero-order chi connectivity index (χ0) is 24.0. The van der Waals surface area contributed by atoms with Gasteiger partial charge in [-0.25, -0.2) is 0 Å². The zero-order valence-electron chi connectivity index (χ0n) is 17.3. The lowest BCUT2D eigenvalue weighted by atomic mass is 9.95. The minimum Gasteiger partial charge on any atom is -0.454 e. The predicted octanol–water partition coefficient (Wildman–Crippen LogP) is 2.24. The van der Waals surface area contributed by atoms with Crippen molar-refractivity contribution in [1.29, 1.82) is 0 Å². The summed E-state index contributed by atoms with van der Waals surface area (Å²) in [4.78, 5) is 49.0. The van der Waals surface area contributed by atoms with Gasteiger partial charge in [-0.3, -0.25) is 19.2 Å². The van der Waals surface area contributed by atoms with Crippen molar-refractivity contribution in [3.05, 3.63) is 45.8 Å². The molecule has 1 heterocycles. The van der Waals surface area contributed by atoms with E-state index >= 15 is 0 Å². The zero-order valence-corrected chi connectivity index (χ0v) is 18.1. The van der Waals surface area contributed by atoms with Crippen LogP contribution in [0.4, 0.5) is 13.8 Å². The number of ether oxygens (including phenoxy) is 2. The van der Waals surface area contributed by atoms with Crippen LogP contribution in [0.3, 0.4) is 0 Å². The average molecular weight is 481 g/mol. The predicted molar refractivity (Wildman–Crippen MR) is 114 cm³/mol. The van der Waals surface area contributed by atoms with E-state index in [0.717, 1.165) is 35.8 Å². The van der Waals surface area contributed by atoms with Crippen molar-refractivity contribution in [2.45, 2.75) is 32.3 Å². The molecule has 12 heteroatoms. The summed E-state index contributed by atoms with van der Waals surface area (Å²) in [5.41, 5.74) is 6.62. The maximum atomic E-state index is 12.3. The lowest BCUT2D eigenvalue weighted by Crippen LogP contribution is -2.32. The van der Waals surface area contributed by atoms with E-state index in [-0.39, 0.29) is 11.3 Å². The molecule has 0 unspecified atom stereocenters. The first-order valence-electron chi connectivity index (χ1n) is 9.97. The molecule has 2 aromatic rings. The summed E-state index contributed by atoms with van der Waals surface area (Å²) in [6, 6.07) is 5.04. The van der Waals surface area contributed by atoms with Crippen molar-refractivity contribution in [1.82, 2.24) is 5.32 Å². The Hall–Kier alpha value is -3.54. The number of primary amides is 1. The topological polar surface area (TPSA) is 137 Å². The highest BCUT2D eigenvalue weighted by Gasteiger charge is 2.25. The first-order chi connectivity index (χ1) is 15.7. The Balaban J connectivity index is 1.48. The Labute approximate surface area is 191 Å². The molecule has 0 saturated carbocycles. The lowest BCUT2D eigenvalue weighted by Gasteiger charge is -2.11. The molecule has 4 N–H and O–H groups in total. The number of anilines is 1. The maximum absolute atomic E-state index is 12.3. The Bertz CT molecular complexity index is 1070. The van der Waals surface area contributed by atoms with Gasteiger partial charge in [0.15, 0.2) is 6.61 Å². The number of esters is 1. The third-order valence-corrected chi connectivity index (χ3v) is 5.96. The molecular weight excluding hydrogens is 460 g/mol. The van der Waals surface area contributed by atoms with E-state index < -0.39 is 43.5 Å². The number of carbonyl (C=O) groups is 4. The maximum Gasteiger partial charge on any atom is 0.387 e. The summed E-state index contributed by atoms with van der Waals surface area (Å²) in [7, 11) is 0. The minimum atomic E-state index is -3.04. The molecule has 1 aromatic heterocycles. The molecule has 176 valence electrons. The van der Waals surface area contributed by atoms with Crippen LogP contribution in [-0.4, -0.2) is 43.5 Å². The number of amides is 3. The van der Waals surface area contributed by atoms with Crippen LogP contribution in [-0.2, 0) is 27.2 Å². The number of hydrogen-bond acceptors (Lipinski definition) is 7. The quantitative estimate of drug-likeness (QED) is 0.470. The number of fused-ring (bicyclic) bond motifs is 1. The largest absolute Gasteiger partial charge is 0.454 e. The number of thiophene rings is 1. The van der Waals surface area contributed by atoms with E-state index in [4.69, 9.17) is 10.5 Å². The highest BCUT2D eigenvalue weighted by atomic mass is 32.1. The summed E-state index contributed by atoms with van der Waals surface area (Å²) in [5.74, 6) is -3.10. The van der Waals surface area contributed by atoms with E-state index in [1.54, 1.807) is 0 Å². The third kappa shape index (κ3) is 6.48. The first kappa shape index (κ1) is 24.1. The molecule has 0 radical (unpaired) electrons. The van der Waals surface area contributed by atoms with Gasteiger partial charge in [0.05, 0.1) is 5.56 Å². The number of carbonyl (C=O) groups excluding carboxylic acids is 4. The molecular formula is C21H21F2N3O6S. The van der Waals surface area contributed by atoms with Gasteiger partial charge in [-0.1, -0.05) is 6.07 Å². The number of nitrogens with one attached hydrogen (secondary N) is 2. The Morgan fingerprint density at radius 2 is 1.91 bits per heavy atom. The van der Waals surface area contributed by atoms with Crippen LogP contribution in [0.15, 0.2) is 24.3 Å². The van der Waals surface area contributed by atoms with E-state index in [9.17, 15) is 28.0 Å². The highest BCUT2D eigenvalue weighted by Crippen LogP contribution is 2.37. The van der Waals surface area contributed by atoms with Crippen molar-refractivity contribution < 1.29 is 37.4 Å². The van der Waals surface area contributed by atoms with Crippen LogP contribution in [0.5, 0.6) is 5.75 Å². The van der Waals surface area contributed by atoms with Gasteiger partial charge in [-0.15, -0.1) is 11.3 Å². The van der Waals surface area contributed by atoms with Crippen LogP contribution in [0.1, 0.15) is 44.0 Å². The van der Waals surface area contributed by atoms with E-state index in [2.05, 4.69) is 15.4 Å². The first-order valence-corrected chi connectivity index (χ1v) is 10.8. The molecule has 1 aliphatic rings. The van der Waals surface area contributed by atoms with E-state index in [0.29, 0.717) is 17.0 Å². The summed E-state index contributed by atoms with van der Waals surface area (Å²) >= 11 is 1.28. The SMILES string of the molecule is NC(=O)c1c(NC(=O)COC(=O)CNC(=O)c2cccc(OC(F)F)c2)sc2c1CCCC2. The number of rotatable bonds is 9. The van der Waals surface area contributed by atoms with Crippen LogP contribution in [0.2, 0.25) is 0 Å². The smallest absolute Gasteiger partial charge is 0.387 e. The van der Waals surface area contributed by atoms with Crippen LogP contribution >= 0.6 is 11.3 Å². The number of aryl methyl sites for hydroxylation is 1. The summed E-state index contributed by atoms with van der Waals surface area (Å²) in [5, 5.41) is 5.15. The van der Waals surface area contributed by atoms with Gasteiger partial charge in [0.1, 0.15) is 17.3 Å². The van der Waals surface area contributed by atoms with Crippen molar-refractivity contribution in [2.75, 3.05) is 18.5 Å². The molecule has 1 aromatic carbocycles. The molecule has 0 bridgehead atoms. The molecule has 0 aliphatic heterocycles. The molecule has 3 rings (SSSR count). The monoisotopic (exact) mass is 481 g/mol. The molecule has 0 fully saturated rings. The second kappa shape index (κ2) is 10.9. The van der Waals surface area contributed by atoms with Crippen LogP contribution < -0.4 is 21.1 Å². The standard InChI is InChI=1S/C21H21F2N3O6S/c22-21(23)32-12-5-3-4-11(8-12)19(30)25-9-16(28)31-10-15(27)26-20-17(18(24)29)13-6-1-2-7-14(13)33-20/h3-5,8,21H,1-2,6-7,9-10H2,(H2,24,29)(H,25,30)(H,26,27). The third-order valence-electron chi connectivity index (χ3n) is 4.75. The fourth-order valence-corrected chi connectivity index (χ4v) is 4.65.